The Labute approximate surface area is 121 Å². The smallest absolute Gasteiger partial charge is 0.372 e. The van der Waals surface area contributed by atoms with E-state index in [4.69, 9.17) is 0 Å². The molecular weight excluding hydrogens is 322 g/mol. The van der Waals surface area contributed by atoms with Crippen LogP contribution in [0.5, 0.6) is 0 Å². The molecule has 1 fully saturated rings. The van der Waals surface area contributed by atoms with E-state index in [1.165, 1.54) is 0 Å². The summed E-state index contributed by atoms with van der Waals surface area (Å²) in [7, 11) is 0. The minimum absolute atomic E-state index is 0.273. The molecule has 1 heterocycles. The first-order valence-corrected chi connectivity index (χ1v) is 6.24. The first-order valence-electron chi connectivity index (χ1n) is 6.24. The molecular formula is C11H14F6N2O3. The Balaban J connectivity index is 2.27. The van der Waals surface area contributed by atoms with Gasteiger partial charge in [-0.1, -0.05) is 0 Å². The van der Waals surface area contributed by atoms with Crippen molar-refractivity contribution >= 4 is 11.8 Å². The normalized spacial score (nSPS) is 19.6. The maximum absolute atomic E-state index is 12.2. The molecule has 2 amide bonds. The van der Waals surface area contributed by atoms with Crippen LogP contribution in [0.1, 0.15) is 12.8 Å². The summed E-state index contributed by atoms with van der Waals surface area (Å²) in [6, 6.07) is -0.787. The van der Waals surface area contributed by atoms with Gasteiger partial charge < -0.3 is 15.0 Å². The molecule has 0 saturated carbocycles. The van der Waals surface area contributed by atoms with Crippen LogP contribution in [0.3, 0.4) is 0 Å². The quantitative estimate of drug-likeness (QED) is 0.586. The largest absolute Gasteiger partial charge is 0.411 e. The standard InChI is InChI=1S/C11H14F6N2O3/c12-10(13,14)5-19-4-7(3-9(19)21)18-8(20)1-2-22-6-11(15,16)17/h7H,1-6H2,(H,18,20). The lowest BCUT2D eigenvalue weighted by molar-refractivity contribution is -0.174. The van der Waals surface area contributed by atoms with Crippen LogP contribution < -0.4 is 5.32 Å². The average Bonchev–Trinajstić information content (AvgIpc) is 2.61. The number of amides is 2. The van der Waals surface area contributed by atoms with Crippen LogP contribution >= 0.6 is 0 Å². The number of rotatable bonds is 6. The maximum atomic E-state index is 12.2. The summed E-state index contributed by atoms with van der Waals surface area (Å²) in [6.45, 7) is -3.64. The van der Waals surface area contributed by atoms with E-state index in [1.54, 1.807) is 0 Å². The fourth-order valence-electron chi connectivity index (χ4n) is 1.89. The third-order valence-electron chi connectivity index (χ3n) is 2.69. The molecule has 1 unspecified atom stereocenters. The van der Waals surface area contributed by atoms with E-state index in [0.717, 1.165) is 0 Å². The monoisotopic (exact) mass is 336 g/mol. The molecule has 0 aromatic rings. The predicted octanol–water partition coefficient (Wildman–Crippen LogP) is 1.23. The van der Waals surface area contributed by atoms with Crippen molar-refractivity contribution in [2.75, 3.05) is 26.3 Å². The number of alkyl halides is 6. The number of nitrogens with zero attached hydrogens (tertiary/aromatic N) is 1. The highest BCUT2D eigenvalue weighted by Gasteiger charge is 2.38. The van der Waals surface area contributed by atoms with Gasteiger partial charge in [-0.25, -0.2) is 0 Å². The zero-order valence-electron chi connectivity index (χ0n) is 11.3. The molecule has 1 rings (SSSR count). The first-order chi connectivity index (χ1) is 9.96. The van der Waals surface area contributed by atoms with Crippen molar-refractivity contribution in [3.63, 3.8) is 0 Å². The van der Waals surface area contributed by atoms with E-state index in [2.05, 4.69) is 10.1 Å². The van der Waals surface area contributed by atoms with Crippen molar-refractivity contribution < 1.29 is 40.7 Å². The number of hydrogen-bond donors (Lipinski definition) is 1. The van der Waals surface area contributed by atoms with Crippen LogP contribution in [0.25, 0.3) is 0 Å². The molecule has 11 heteroatoms. The number of nitrogens with one attached hydrogen (secondary N) is 1. The molecule has 0 aromatic heterocycles. The fraction of sp³-hybridized carbons (Fsp3) is 0.818. The summed E-state index contributed by atoms with van der Waals surface area (Å²) in [6.07, 6.45) is -9.67. The molecule has 1 aliphatic rings. The van der Waals surface area contributed by atoms with Crippen molar-refractivity contribution in [3.05, 3.63) is 0 Å². The minimum Gasteiger partial charge on any atom is -0.372 e. The molecule has 128 valence electrons. The number of likely N-dealkylation sites (tertiary alicyclic amines) is 1. The summed E-state index contributed by atoms with van der Waals surface area (Å²) < 4.78 is 76.1. The zero-order valence-corrected chi connectivity index (χ0v) is 11.3. The van der Waals surface area contributed by atoms with Crippen molar-refractivity contribution in [1.29, 1.82) is 0 Å². The Morgan fingerprint density at radius 1 is 1.23 bits per heavy atom. The second-order valence-corrected chi connectivity index (χ2v) is 4.78. The van der Waals surface area contributed by atoms with Crippen LogP contribution in [0.4, 0.5) is 26.3 Å². The van der Waals surface area contributed by atoms with Crippen molar-refractivity contribution in [2.24, 2.45) is 0 Å². The number of carbonyl (C=O) groups excluding carboxylic acids is 2. The Kier molecular flexibility index (Phi) is 6.03. The third kappa shape index (κ3) is 7.48. The van der Waals surface area contributed by atoms with E-state index in [0.29, 0.717) is 4.90 Å². The maximum Gasteiger partial charge on any atom is 0.411 e. The van der Waals surface area contributed by atoms with Crippen LogP contribution in [0.15, 0.2) is 0 Å². The number of carbonyl (C=O) groups is 2. The van der Waals surface area contributed by atoms with Crippen molar-refractivity contribution in [1.82, 2.24) is 10.2 Å². The van der Waals surface area contributed by atoms with E-state index in [9.17, 15) is 35.9 Å². The molecule has 1 saturated heterocycles. The van der Waals surface area contributed by atoms with Gasteiger partial charge in [0.25, 0.3) is 0 Å². The molecule has 0 aliphatic carbocycles. The Hall–Kier alpha value is -1.52. The summed E-state index contributed by atoms with van der Waals surface area (Å²) >= 11 is 0. The van der Waals surface area contributed by atoms with Crippen LogP contribution in [0, 0.1) is 0 Å². The van der Waals surface area contributed by atoms with E-state index < -0.39 is 50.0 Å². The lowest BCUT2D eigenvalue weighted by Gasteiger charge is -2.18. The van der Waals surface area contributed by atoms with E-state index in [1.807, 2.05) is 0 Å². The molecule has 1 N–H and O–H groups in total. The summed E-state index contributed by atoms with van der Waals surface area (Å²) in [5.74, 6) is -1.43. The van der Waals surface area contributed by atoms with Crippen LogP contribution in [-0.2, 0) is 14.3 Å². The van der Waals surface area contributed by atoms with Crippen LogP contribution in [0.2, 0.25) is 0 Å². The third-order valence-corrected chi connectivity index (χ3v) is 2.69. The molecule has 0 bridgehead atoms. The second kappa shape index (κ2) is 7.16. The number of ether oxygens (including phenoxy) is 1. The molecule has 1 aliphatic heterocycles. The Morgan fingerprint density at radius 3 is 2.41 bits per heavy atom. The molecule has 0 radical (unpaired) electrons. The summed E-state index contributed by atoms with van der Waals surface area (Å²) in [5.41, 5.74) is 0. The molecule has 5 nitrogen and oxygen atoms in total. The van der Waals surface area contributed by atoms with Gasteiger partial charge in [-0.2, -0.15) is 26.3 Å². The van der Waals surface area contributed by atoms with E-state index >= 15 is 0 Å². The molecule has 1 atom stereocenters. The molecule has 0 aromatic carbocycles. The average molecular weight is 336 g/mol. The van der Waals surface area contributed by atoms with Gasteiger partial charge in [0.1, 0.15) is 13.2 Å². The summed E-state index contributed by atoms with van der Waals surface area (Å²) in [4.78, 5) is 23.3. The van der Waals surface area contributed by atoms with Gasteiger partial charge in [0.2, 0.25) is 11.8 Å². The van der Waals surface area contributed by atoms with Gasteiger partial charge in [-0.05, 0) is 0 Å². The highest BCUT2D eigenvalue weighted by Crippen LogP contribution is 2.21. The van der Waals surface area contributed by atoms with Gasteiger partial charge in [-0.15, -0.1) is 0 Å². The Morgan fingerprint density at radius 2 is 1.86 bits per heavy atom. The van der Waals surface area contributed by atoms with E-state index in [-0.39, 0.29) is 19.4 Å². The van der Waals surface area contributed by atoms with Crippen molar-refractivity contribution in [3.8, 4) is 0 Å². The van der Waals surface area contributed by atoms with Gasteiger partial charge in [0, 0.05) is 19.4 Å². The van der Waals surface area contributed by atoms with Gasteiger partial charge >= 0.3 is 12.4 Å². The first kappa shape index (κ1) is 18.5. The SMILES string of the molecule is O=C(CCOCC(F)(F)F)NC1CC(=O)N(CC(F)(F)F)C1. The topological polar surface area (TPSA) is 58.6 Å². The molecule has 0 spiro atoms. The Bertz CT molecular complexity index is 410. The zero-order chi connectivity index (χ0) is 17.0. The molecule has 22 heavy (non-hydrogen) atoms. The minimum atomic E-state index is -4.53. The van der Waals surface area contributed by atoms with Gasteiger partial charge in [0.15, 0.2) is 0 Å². The van der Waals surface area contributed by atoms with Gasteiger partial charge in [0.05, 0.1) is 12.6 Å². The van der Waals surface area contributed by atoms with Crippen molar-refractivity contribution in [2.45, 2.75) is 31.2 Å². The second-order valence-electron chi connectivity index (χ2n) is 4.78. The number of halogens is 6. The highest BCUT2D eigenvalue weighted by atomic mass is 19.4. The lowest BCUT2D eigenvalue weighted by atomic mass is 10.2. The predicted molar refractivity (Wildman–Crippen MR) is 60.7 cm³/mol. The highest BCUT2D eigenvalue weighted by molar-refractivity contribution is 5.82. The van der Waals surface area contributed by atoms with Gasteiger partial charge in [-0.3, -0.25) is 9.59 Å². The summed E-state index contributed by atoms with van der Waals surface area (Å²) in [5, 5.41) is 2.29. The lowest BCUT2D eigenvalue weighted by Crippen LogP contribution is -2.40. The number of hydrogen-bond acceptors (Lipinski definition) is 3. The fourth-order valence-corrected chi connectivity index (χ4v) is 1.89. The van der Waals surface area contributed by atoms with Crippen LogP contribution in [-0.4, -0.2) is 61.4 Å².